The van der Waals surface area contributed by atoms with Crippen molar-refractivity contribution in [1.82, 2.24) is 4.90 Å². The van der Waals surface area contributed by atoms with Crippen LogP contribution in [0.5, 0.6) is 0 Å². The van der Waals surface area contributed by atoms with Crippen molar-refractivity contribution in [1.29, 1.82) is 0 Å². The Morgan fingerprint density at radius 1 is 0.784 bits per heavy atom. The fourth-order valence-electron chi connectivity index (χ4n) is 4.06. The average Bonchev–Trinajstić information content (AvgIpc) is 3.25. The zero-order chi connectivity index (χ0) is 25.5. The van der Waals surface area contributed by atoms with Crippen LogP contribution in [0.25, 0.3) is 6.08 Å². The van der Waals surface area contributed by atoms with Gasteiger partial charge in [0.15, 0.2) is 5.76 Å². The van der Waals surface area contributed by atoms with Crippen LogP contribution in [0, 0.1) is 0 Å². The highest BCUT2D eigenvalue weighted by Gasteiger charge is 2.34. The molecule has 37 heavy (non-hydrogen) atoms. The number of anilines is 3. The Morgan fingerprint density at radius 2 is 1.32 bits per heavy atom. The highest BCUT2D eigenvalue weighted by molar-refractivity contribution is 6.11. The highest BCUT2D eigenvalue weighted by atomic mass is 16.7. The molecule has 0 unspecified atom stereocenters. The number of benzene rings is 4. The predicted molar refractivity (Wildman–Crippen MR) is 146 cm³/mol. The van der Waals surface area contributed by atoms with E-state index in [9.17, 15) is 4.79 Å². The van der Waals surface area contributed by atoms with Crippen LogP contribution in [0.1, 0.15) is 18.1 Å². The number of amidine groups is 1. The van der Waals surface area contributed by atoms with E-state index >= 15 is 0 Å². The number of rotatable bonds is 8. The zero-order valence-electron chi connectivity index (χ0n) is 20.5. The molecule has 1 saturated heterocycles. The Balaban J connectivity index is 1.35. The van der Waals surface area contributed by atoms with Crippen LogP contribution in [0.3, 0.4) is 0 Å². The summed E-state index contributed by atoms with van der Waals surface area (Å²) in [6, 6.07) is 38.3. The Hall–Kier alpha value is -4.84. The molecule has 0 spiro atoms. The molecule has 6 heteroatoms. The quantitative estimate of drug-likeness (QED) is 0.200. The molecule has 4 aromatic rings. The maximum atomic E-state index is 12.9. The molecule has 184 valence electrons. The number of para-hydroxylation sites is 2. The first-order chi connectivity index (χ1) is 18.2. The van der Waals surface area contributed by atoms with Gasteiger partial charge >= 0.3 is 6.02 Å². The van der Waals surface area contributed by atoms with Crippen molar-refractivity contribution in [2.24, 2.45) is 5.16 Å². The number of carbonyl (C=O) groups is 1. The number of amides is 1. The molecule has 1 heterocycles. The molecule has 0 aromatic heterocycles. The smallest absolute Gasteiger partial charge is 0.339 e. The molecule has 0 saturated carbocycles. The molecular weight excluding hydrogens is 462 g/mol. The van der Waals surface area contributed by atoms with Crippen LogP contribution in [-0.4, -0.2) is 23.4 Å². The highest BCUT2D eigenvalue weighted by Crippen LogP contribution is 2.34. The maximum absolute atomic E-state index is 12.9. The molecular formula is C31H27N3O3. The molecule has 1 fully saturated rings. The standard InChI is InChI=1S/C31H27N3O3/c1-2-33-30(35)29(37-31(33)32-36-23-25-12-6-3-7-13-25)22-24-18-20-28(21-19-24)34(26-14-8-4-9-15-26)27-16-10-5-11-17-27/h3-22H,2,23H2,1H3/b29-22+,32-31+. The summed E-state index contributed by atoms with van der Waals surface area (Å²) in [5, 5.41) is 4.07. The SMILES string of the molecule is CCN1C(=O)/C(=C\c2ccc(N(c3ccccc3)c3ccccc3)cc2)O/C1=N/OCc1ccccc1. The fraction of sp³-hybridized carbons (Fsp3) is 0.0968. The van der Waals surface area contributed by atoms with Gasteiger partial charge in [0.25, 0.3) is 5.91 Å². The van der Waals surface area contributed by atoms with E-state index < -0.39 is 0 Å². The van der Waals surface area contributed by atoms with Gasteiger partial charge in [-0.3, -0.25) is 9.69 Å². The molecule has 1 amide bonds. The molecule has 0 bridgehead atoms. The summed E-state index contributed by atoms with van der Waals surface area (Å²) in [4.78, 5) is 22.0. The summed E-state index contributed by atoms with van der Waals surface area (Å²) in [5.41, 5.74) is 4.95. The second-order valence-corrected chi connectivity index (χ2v) is 8.39. The van der Waals surface area contributed by atoms with Gasteiger partial charge in [-0.2, -0.15) is 0 Å². The normalized spacial score (nSPS) is 15.2. The number of hydrogen-bond acceptors (Lipinski definition) is 5. The second-order valence-electron chi connectivity index (χ2n) is 8.39. The Kier molecular flexibility index (Phi) is 7.27. The van der Waals surface area contributed by atoms with Gasteiger partial charge in [-0.15, -0.1) is 0 Å². The first-order valence-electron chi connectivity index (χ1n) is 12.2. The van der Waals surface area contributed by atoms with Gasteiger partial charge in [-0.25, -0.2) is 0 Å². The van der Waals surface area contributed by atoms with Gasteiger partial charge in [0, 0.05) is 23.6 Å². The van der Waals surface area contributed by atoms with Crippen LogP contribution in [0.4, 0.5) is 17.1 Å². The molecule has 6 nitrogen and oxygen atoms in total. The topological polar surface area (TPSA) is 54.4 Å². The molecule has 0 N–H and O–H groups in total. The lowest BCUT2D eigenvalue weighted by molar-refractivity contribution is -0.122. The monoisotopic (exact) mass is 489 g/mol. The minimum atomic E-state index is -0.246. The third-order valence-electron chi connectivity index (χ3n) is 5.90. The van der Waals surface area contributed by atoms with Gasteiger partial charge in [-0.05, 0) is 65.7 Å². The van der Waals surface area contributed by atoms with Gasteiger partial charge in [0.1, 0.15) is 6.61 Å². The van der Waals surface area contributed by atoms with Crippen molar-refractivity contribution >= 4 is 35.1 Å². The van der Waals surface area contributed by atoms with E-state index in [1.54, 1.807) is 6.08 Å². The molecule has 0 atom stereocenters. The van der Waals surface area contributed by atoms with Crippen LogP contribution in [0.2, 0.25) is 0 Å². The number of likely N-dealkylation sites (N-methyl/N-ethyl adjacent to an activating group) is 1. The summed E-state index contributed by atoms with van der Waals surface area (Å²) in [5.74, 6) is -0.0385. The summed E-state index contributed by atoms with van der Waals surface area (Å²) >= 11 is 0. The predicted octanol–water partition coefficient (Wildman–Crippen LogP) is 6.86. The first-order valence-corrected chi connectivity index (χ1v) is 12.2. The van der Waals surface area contributed by atoms with Crippen LogP contribution >= 0.6 is 0 Å². The molecule has 0 radical (unpaired) electrons. The lowest BCUT2D eigenvalue weighted by Gasteiger charge is -2.25. The third kappa shape index (κ3) is 5.54. The van der Waals surface area contributed by atoms with E-state index in [4.69, 9.17) is 9.57 Å². The van der Waals surface area contributed by atoms with E-state index in [2.05, 4.69) is 34.3 Å². The van der Waals surface area contributed by atoms with Crippen molar-refractivity contribution in [3.05, 3.63) is 132 Å². The van der Waals surface area contributed by atoms with E-state index in [1.165, 1.54) is 4.90 Å². The molecule has 4 aromatic carbocycles. The van der Waals surface area contributed by atoms with Crippen molar-refractivity contribution in [2.45, 2.75) is 13.5 Å². The van der Waals surface area contributed by atoms with Crippen molar-refractivity contribution < 1.29 is 14.4 Å². The second kappa shape index (κ2) is 11.3. The summed E-state index contributed by atoms with van der Waals surface area (Å²) in [6.07, 6.45) is 1.73. The lowest BCUT2D eigenvalue weighted by atomic mass is 10.1. The fourth-order valence-corrected chi connectivity index (χ4v) is 4.06. The Labute approximate surface area is 216 Å². The largest absolute Gasteiger partial charge is 0.418 e. The number of ether oxygens (including phenoxy) is 1. The van der Waals surface area contributed by atoms with Crippen molar-refractivity contribution in [3.63, 3.8) is 0 Å². The third-order valence-corrected chi connectivity index (χ3v) is 5.90. The maximum Gasteiger partial charge on any atom is 0.339 e. The molecule has 5 rings (SSSR count). The van der Waals surface area contributed by atoms with Crippen LogP contribution in [0.15, 0.2) is 126 Å². The lowest BCUT2D eigenvalue weighted by Crippen LogP contribution is -2.29. The minimum Gasteiger partial charge on any atom is -0.418 e. The first kappa shape index (κ1) is 23.9. The summed E-state index contributed by atoms with van der Waals surface area (Å²) < 4.78 is 5.79. The van der Waals surface area contributed by atoms with E-state index in [-0.39, 0.29) is 17.7 Å². The van der Waals surface area contributed by atoms with Crippen molar-refractivity contribution in [3.8, 4) is 0 Å². The number of carbonyl (C=O) groups excluding carboxylic acids is 1. The number of nitrogens with zero attached hydrogens (tertiary/aromatic N) is 3. The summed E-state index contributed by atoms with van der Waals surface area (Å²) in [7, 11) is 0. The van der Waals surface area contributed by atoms with Gasteiger partial charge in [0.2, 0.25) is 0 Å². The summed E-state index contributed by atoms with van der Waals surface area (Å²) in [6.45, 7) is 2.58. The zero-order valence-corrected chi connectivity index (χ0v) is 20.5. The van der Waals surface area contributed by atoms with E-state index in [1.807, 2.05) is 97.9 Å². The van der Waals surface area contributed by atoms with Crippen LogP contribution < -0.4 is 4.90 Å². The van der Waals surface area contributed by atoms with Crippen LogP contribution in [-0.2, 0) is 21.0 Å². The van der Waals surface area contributed by atoms with Gasteiger partial charge in [0.05, 0.1) is 0 Å². The molecule has 1 aliphatic heterocycles. The van der Waals surface area contributed by atoms with Crippen molar-refractivity contribution in [2.75, 3.05) is 11.4 Å². The van der Waals surface area contributed by atoms with E-state index in [0.29, 0.717) is 13.2 Å². The number of hydrogen-bond donors (Lipinski definition) is 0. The van der Waals surface area contributed by atoms with E-state index in [0.717, 1.165) is 28.2 Å². The number of oxime groups is 1. The Bertz CT molecular complexity index is 1350. The minimum absolute atomic E-state index is 0.144. The molecule has 1 aliphatic rings. The Morgan fingerprint density at radius 3 is 1.89 bits per heavy atom. The molecule has 0 aliphatic carbocycles. The average molecular weight is 490 g/mol. The van der Waals surface area contributed by atoms with Gasteiger partial charge < -0.3 is 14.5 Å². The van der Waals surface area contributed by atoms with Gasteiger partial charge in [-0.1, -0.05) is 78.9 Å².